The highest BCUT2D eigenvalue weighted by atomic mass is 15.1. The Morgan fingerprint density at radius 1 is 1.32 bits per heavy atom. The number of benzene rings is 1. The summed E-state index contributed by atoms with van der Waals surface area (Å²) >= 11 is 0. The molecule has 2 aromatic rings. The molecule has 98 valence electrons. The summed E-state index contributed by atoms with van der Waals surface area (Å²) in [4.78, 5) is 9.96. The molecule has 1 aromatic heterocycles. The highest BCUT2D eigenvalue weighted by molar-refractivity contribution is 5.65. The van der Waals surface area contributed by atoms with Gasteiger partial charge in [0.25, 0.3) is 0 Å². The fraction of sp³-hybridized carbons (Fsp3) is 0.333. The third-order valence-corrected chi connectivity index (χ3v) is 3.00. The Bertz CT molecular complexity index is 632. The van der Waals surface area contributed by atoms with Gasteiger partial charge < -0.3 is 9.88 Å². The molecule has 1 aromatic carbocycles. The number of aryl methyl sites for hydroxylation is 2. The molecule has 0 unspecified atom stereocenters. The standard InChI is InChI=1S/C15H18N4/c1-10-5-6-13(12(7-10)8-16)15-17-11(2)14(18-15)9-19(3)4/h5-7H,9H2,1-4H3,(H,17,18). The van der Waals surface area contributed by atoms with Crippen molar-refractivity contribution in [1.82, 2.24) is 14.9 Å². The van der Waals surface area contributed by atoms with Gasteiger partial charge in [0.1, 0.15) is 5.82 Å². The molecule has 4 heteroatoms. The molecule has 0 aliphatic carbocycles. The molecule has 1 heterocycles. The fourth-order valence-electron chi connectivity index (χ4n) is 2.03. The van der Waals surface area contributed by atoms with Crippen LogP contribution in [0.2, 0.25) is 0 Å². The number of hydrogen-bond acceptors (Lipinski definition) is 3. The summed E-state index contributed by atoms with van der Waals surface area (Å²) in [6, 6.07) is 8.07. The van der Waals surface area contributed by atoms with Gasteiger partial charge in [0.15, 0.2) is 0 Å². The van der Waals surface area contributed by atoms with Crippen molar-refractivity contribution < 1.29 is 0 Å². The van der Waals surface area contributed by atoms with Crippen molar-refractivity contribution in [2.24, 2.45) is 0 Å². The van der Waals surface area contributed by atoms with E-state index in [0.29, 0.717) is 5.56 Å². The van der Waals surface area contributed by atoms with Gasteiger partial charge in [-0.1, -0.05) is 6.07 Å². The minimum Gasteiger partial charge on any atom is -0.342 e. The Labute approximate surface area is 113 Å². The van der Waals surface area contributed by atoms with Crippen molar-refractivity contribution in [3.8, 4) is 17.5 Å². The largest absolute Gasteiger partial charge is 0.342 e. The van der Waals surface area contributed by atoms with E-state index in [1.54, 1.807) is 0 Å². The first-order valence-corrected chi connectivity index (χ1v) is 6.22. The summed E-state index contributed by atoms with van der Waals surface area (Å²) < 4.78 is 0. The maximum Gasteiger partial charge on any atom is 0.139 e. The molecule has 0 saturated carbocycles. The lowest BCUT2D eigenvalue weighted by Crippen LogP contribution is -2.11. The number of rotatable bonds is 3. The molecule has 1 N–H and O–H groups in total. The first-order chi connectivity index (χ1) is 9.01. The molecule has 19 heavy (non-hydrogen) atoms. The first kappa shape index (κ1) is 13.3. The molecule has 0 radical (unpaired) electrons. The number of hydrogen-bond donors (Lipinski definition) is 1. The van der Waals surface area contributed by atoms with Crippen LogP contribution in [0.5, 0.6) is 0 Å². The van der Waals surface area contributed by atoms with Crippen LogP contribution in [0.1, 0.15) is 22.5 Å². The number of aromatic nitrogens is 2. The maximum atomic E-state index is 9.23. The second-order valence-corrected chi connectivity index (χ2v) is 5.06. The number of nitriles is 1. The van der Waals surface area contributed by atoms with Crippen molar-refractivity contribution in [2.45, 2.75) is 20.4 Å². The van der Waals surface area contributed by atoms with E-state index in [-0.39, 0.29) is 0 Å². The summed E-state index contributed by atoms with van der Waals surface area (Å²) in [6.45, 7) is 4.78. The van der Waals surface area contributed by atoms with Gasteiger partial charge in [-0.3, -0.25) is 0 Å². The van der Waals surface area contributed by atoms with Crippen LogP contribution < -0.4 is 0 Å². The minimum atomic E-state index is 0.658. The van der Waals surface area contributed by atoms with E-state index in [1.165, 1.54) is 0 Å². The number of H-pyrrole nitrogens is 1. The van der Waals surface area contributed by atoms with Gasteiger partial charge in [0.05, 0.1) is 17.3 Å². The highest BCUT2D eigenvalue weighted by Gasteiger charge is 2.12. The SMILES string of the molecule is Cc1ccc(-c2nc(CN(C)C)c(C)[nH]2)c(C#N)c1. The van der Waals surface area contributed by atoms with Crippen molar-refractivity contribution in [2.75, 3.05) is 14.1 Å². The molecule has 2 rings (SSSR count). The molecule has 0 saturated heterocycles. The van der Waals surface area contributed by atoms with Crippen molar-refractivity contribution >= 4 is 0 Å². The van der Waals surface area contributed by atoms with E-state index in [1.807, 2.05) is 46.1 Å². The van der Waals surface area contributed by atoms with Gasteiger partial charge in [0.2, 0.25) is 0 Å². The third kappa shape index (κ3) is 2.83. The highest BCUT2D eigenvalue weighted by Crippen LogP contribution is 2.23. The van der Waals surface area contributed by atoms with Crippen molar-refractivity contribution in [1.29, 1.82) is 5.26 Å². The Hall–Kier alpha value is -2.12. The number of nitrogens with zero attached hydrogens (tertiary/aromatic N) is 3. The number of aromatic amines is 1. The molecule has 0 atom stereocenters. The Morgan fingerprint density at radius 3 is 2.68 bits per heavy atom. The van der Waals surface area contributed by atoms with E-state index >= 15 is 0 Å². The average Bonchev–Trinajstić information content (AvgIpc) is 2.69. The van der Waals surface area contributed by atoms with Crippen LogP contribution in [-0.4, -0.2) is 29.0 Å². The van der Waals surface area contributed by atoms with Crippen LogP contribution in [-0.2, 0) is 6.54 Å². The monoisotopic (exact) mass is 254 g/mol. The van der Waals surface area contributed by atoms with E-state index in [4.69, 9.17) is 0 Å². The zero-order chi connectivity index (χ0) is 14.0. The maximum absolute atomic E-state index is 9.23. The van der Waals surface area contributed by atoms with E-state index in [9.17, 15) is 5.26 Å². The molecular weight excluding hydrogens is 236 g/mol. The lowest BCUT2D eigenvalue weighted by molar-refractivity contribution is 0.396. The van der Waals surface area contributed by atoms with Gasteiger partial charge >= 0.3 is 0 Å². The quantitative estimate of drug-likeness (QED) is 0.916. The molecule has 0 aliphatic rings. The first-order valence-electron chi connectivity index (χ1n) is 6.22. The van der Waals surface area contributed by atoms with E-state index in [2.05, 4.69) is 20.9 Å². The second-order valence-electron chi connectivity index (χ2n) is 5.06. The second kappa shape index (κ2) is 5.25. The van der Waals surface area contributed by atoms with Gasteiger partial charge in [-0.25, -0.2) is 4.98 Å². The zero-order valence-electron chi connectivity index (χ0n) is 11.8. The number of imidazole rings is 1. The smallest absolute Gasteiger partial charge is 0.139 e. The summed E-state index contributed by atoms with van der Waals surface area (Å²) in [7, 11) is 4.03. The van der Waals surface area contributed by atoms with E-state index in [0.717, 1.165) is 34.9 Å². The normalized spacial score (nSPS) is 10.7. The van der Waals surface area contributed by atoms with Crippen LogP contribution in [0.15, 0.2) is 18.2 Å². The molecule has 0 aliphatic heterocycles. The molecule has 0 bridgehead atoms. The van der Waals surface area contributed by atoms with Gasteiger partial charge in [0, 0.05) is 17.8 Å². The van der Waals surface area contributed by atoms with E-state index < -0.39 is 0 Å². The molecule has 0 fully saturated rings. The Kier molecular flexibility index (Phi) is 3.68. The van der Waals surface area contributed by atoms with Crippen LogP contribution in [0, 0.1) is 25.2 Å². The number of nitrogens with one attached hydrogen (secondary N) is 1. The molecule has 4 nitrogen and oxygen atoms in total. The minimum absolute atomic E-state index is 0.658. The molecular formula is C15H18N4. The van der Waals surface area contributed by atoms with Gasteiger partial charge in [-0.2, -0.15) is 5.26 Å². The van der Waals surface area contributed by atoms with Crippen molar-refractivity contribution in [3.63, 3.8) is 0 Å². The summed E-state index contributed by atoms with van der Waals surface area (Å²) in [5.74, 6) is 0.769. The molecule has 0 spiro atoms. The third-order valence-electron chi connectivity index (χ3n) is 3.00. The zero-order valence-corrected chi connectivity index (χ0v) is 11.8. The topological polar surface area (TPSA) is 55.7 Å². The lowest BCUT2D eigenvalue weighted by atomic mass is 10.1. The van der Waals surface area contributed by atoms with Crippen LogP contribution >= 0.6 is 0 Å². The van der Waals surface area contributed by atoms with Crippen LogP contribution in [0.3, 0.4) is 0 Å². The predicted octanol–water partition coefficient (Wildman–Crippen LogP) is 2.63. The average molecular weight is 254 g/mol. The fourth-order valence-corrected chi connectivity index (χ4v) is 2.03. The summed E-state index contributed by atoms with van der Waals surface area (Å²) in [6.07, 6.45) is 0. The van der Waals surface area contributed by atoms with Crippen LogP contribution in [0.4, 0.5) is 0 Å². The van der Waals surface area contributed by atoms with Gasteiger partial charge in [-0.15, -0.1) is 0 Å². The van der Waals surface area contributed by atoms with Crippen molar-refractivity contribution in [3.05, 3.63) is 40.7 Å². The molecule has 0 amide bonds. The van der Waals surface area contributed by atoms with Gasteiger partial charge in [-0.05, 0) is 45.6 Å². The summed E-state index contributed by atoms with van der Waals surface area (Å²) in [5, 5.41) is 9.23. The van der Waals surface area contributed by atoms with Crippen LogP contribution in [0.25, 0.3) is 11.4 Å². The Balaban J connectivity index is 2.46. The lowest BCUT2D eigenvalue weighted by Gasteiger charge is -2.06. The predicted molar refractivity (Wildman–Crippen MR) is 75.6 cm³/mol. The summed E-state index contributed by atoms with van der Waals surface area (Å²) in [5.41, 5.74) is 4.67. The Morgan fingerprint density at radius 2 is 2.05 bits per heavy atom.